The summed E-state index contributed by atoms with van der Waals surface area (Å²) < 4.78 is 39.8. The molecule has 1 aliphatic heterocycles. The molecule has 1 aliphatic carbocycles. The van der Waals surface area contributed by atoms with Crippen LogP contribution in [0.2, 0.25) is 0 Å². The third-order valence-corrected chi connectivity index (χ3v) is 7.94. The van der Waals surface area contributed by atoms with Crippen LogP contribution >= 0.6 is 0 Å². The topological polar surface area (TPSA) is 64.6 Å². The van der Waals surface area contributed by atoms with Crippen molar-refractivity contribution in [3.8, 4) is 0 Å². The van der Waals surface area contributed by atoms with Gasteiger partial charge in [-0.1, -0.05) is 18.2 Å². The maximum absolute atomic E-state index is 12.3. The maximum Gasteiger partial charge on any atom is 0.494 e. The molecule has 0 saturated carbocycles. The second-order valence-electron chi connectivity index (χ2n) is 9.23. The quantitative estimate of drug-likeness (QED) is 0.815. The molecule has 26 heavy (non-hydrogen) atoms. The van der Waals surface area contributed by atoms with Crippen molar-refractivity contribution < 1.29 is 17.7 Å². The Morgan fingerprint density at radius 1 is 1.00 bits per heavy atom. The molecule has 1 N–H and O–H groups in total. The van der Waals surface area contributed by atoms with Crippen LogP contribution in [0, 0.1) is 0 Å². The lowest BCUT2D eigenvalue weighted by Crippen LogP contribution is -2.49. The molecule has 0 bridgehead atoms. The van der Waals surface area contributed by atoms with Gasteiger partial charge in [0.1, 0.15) is 0 Å². The Morgan fingerprint density at radius 2 is 1.54 bits per heavy atom. The van der Waals surface area contributed by atoms with Crippen molar-refractivity contribution in [2.24, 2.45) is 0 Å². The first kappa shape index (κ1) is 19.9. The largest absolute Gasteiger partial charge is 0.494 e. The normalized spacial score (nSPS) is 27.2. The van der Waals surface area contributed by atoms with Gasteiger partial charge in [-0.05, 0) is 77.9 Å². The molecule has 1 aromatic rings. The summed E-state index contributed by atoms with van der Waals surface area (Å²) in [5.41, 5.74) is 2.08. The average molecular weight is 379 g/mol. The lowest BCUT2D eigenvalue weighted by atomic mass is 9.78. The fourth-order valence-corrected chi connectivity index (χ4v) is 4.61. The summed E-state index contributed by atoms with van der Waals surface area (Å²) in [6.45, 7) is 13.5. The summed E-state index contributed by atoms with van der Waals surface area (Å²) in [6.07, 6.45) is 1.36. The van der Waals surface area contributed by atoms with Crippen molar-refractivity contribution in [3.05, 3.63) is 29.3 Å². The number of hydrogen-bond donors (Lipinski definition) is 1. The van der Waals surface area contributed by atoms with E-state index in [2.05, 4.69) is 16.9 Å². The minimum Gasteiger partial charge on any atom is -0.399 e. The molecule has 2 aliphatic rings. The molecule has 0 spiro atoms. The van der Waals surface area contributed by atoms with Gasteiger partial charge in [0.05, 0.1) is 16.5 Å². The van der Waals surface area contributed by atoms with E-state index < -0.39 is 27.9 Å². The first-order valence-corrected chi connectivity index (χ1v) is 10.8. The Morgan fingerprint density at radius 3 is 2.08 bits per heavy atom. The summed E-state index contributed by atoms with van der Waals surface area (Å²) in [4.78, 5) is 0. The predicted octanol–water partition coefficient (Wildman–Crippen LogP) is 2.17. The van der Waals surface area contributed by atoms with Crippen LogP contribution in [0.15, 0.2) is 18.2 Å². The number of benzene rings is 1. The van der Waals surface area contributed by atoms with Crippen LogP contribution in [0.5, 0.6) is 0 Å². The second-order valence-corrected chi connectivity index (χ2v) is 11.5. The van der Waals surface area contributed by atoms with Gasteiger partial charge in [0, 0.05) is 5.54 Å². The Kier molecular flexibility index (Phi) is 4.63. The zero-order valence-corrected chi connectivity index (χ0v) is 17.7. The molecule has 1 aromatic carbocycles. The third-order valence-electron chi connectivity index (χ3n) is 5.93. The first-order valence-electron chi connectivity index (χ1n) is 9.25. The fraction of sp³-hybridized carbons (Fsp3) is 0.684. The standard InChI is InChI=1S/C19H30BNO4S/c1-13(2)26(22,23)21-19(7)11-14-8-9-16(10-15(14)12-19)20-24-17(3,4)18(5,6)25-20/h8-10,13,21H,11-12H2,1-7H3. The monoisotopic (exact) mass is 379 g/mol. The highest BCUT2D eigenvalue weighted by Gasteiger charge is 2.52. The minimum atomic E-state index is -3.31. The number of hydrogen-bond acceptors (Lipinski definition) is 4. The van der Waals surface area contributed by atoms with Gasteiger partial charge in [0.15, 0.2) is 0 Å². The van der Waals surface area contributed by atoms with Gasteiger partial charge in [-0.25, -0.2) is 13.1 Å². The van der Waals surface area contributed by atoms with E-state index in [0.717, 1.165) is 11.0 Å². The highest BCUT2D eigenvalue weighted by Crippen LogP contribution is 2.37. The predicted molar refractivity (Wildman–Crippen MR) is 105 cm³/mol. The lowest BCUT2D eigenvalue weighted by Gasteiger charge is -2.32. The van der Waals surface area contributed by atoms with Crippen LogP contribution in [0.1, 0.15) is 59.6 Å². The van der Waals surface area contributed by atoms with Crippen molar-refractivity contribution in [2.45, 2.75) is 83.3 Å². The minimum absolute atomic E-state index is 0.377. The van der Waals surface area contributed by atoms with Gasteiger partial charge in [0.25, 0.3) is 0 Å². The zero-order chi connectivity index (χ0) is 19.5. The highest BCUT2D eigenvalue weighted by atomic mass is 32.2. The molecule has 1 atom stereocenters. The van der Waals surface area contributed by atoms with Crippen LogP contribution in [0.25, 0.3) is 0 Å². The SMILES string of the molecule is CC(C)S(=O)(=O)NC1(C)Cc2ccc(B3OC(C)(C)C(C)(C)O3)cc2C1. The Hall–Kier alpha value is -0.885. The molecule has 5 nitrogen and oxygen atoms in total. The molecular formula is C19H30BNO4S. The Labute approximate surface area is 158 Å². The smallest absolute Gasteiger partial charge is 0.399 e. The Balaban J connectivity index is 1.81. The maximum atomic E-state index is 12.3. The van der Waals surface area contributed by atoms with Crippen molar-refractivity contribution in [3.63, 3.8) is 0 Å². The third kappa shape index (κ3) is 3.47. The highest BCUT2D eigenvalue weighted by molar-refractivity contribution is 7.90. The summed E-state index contributed by atoms with van der Waals surface area (Å²) in [7, 11) is -3.71. The molecule has 7 heteroatoms. The molecule has 0 amide bonds. The number of fused-ring (bicyclic) bond motifs is 1. The summed E-state index contributed by atoms with van der Waals surface area (Å²) in [5, 5.41) is -0.441. The van der Waals surface area contributed by atoms with Gasteiger partial charge >= 0.3 is 7.12 Å². The van der Waals surface area contributed by atoms with Crippen molar-refractivity contribution in [1.82, 2.24) is 4.72 Å². The van der Waals surface area contributed by atoms with Crippen molar-refractivity contribution >= 4 is 22.6 Å². The first-order chi connectivity index (χ1) is 11.7. The van der Waals surface area contributed by atoms with Gasteiger partial charge < -0.3 is 9.31 Å². The van der Waals surface area contributed by atoms with E-state index in [1.807, 2.05) is 40.7 Å². The van der Waals surface area contributed by atoms with Crippen molar-refractivity contribution in [2.75, 3.05) is 0 Å². The van der Waals surface area contributed by atoms with E-state index in [4.69, 9.17) is 9.31 Å². The summed E-state index contributed by atoms with van der Waals surface area (Å²) in [6, 6.07) is 6.21. The number of rotatable bonds is 4. The van der Waals surface area contributed by atoms with Gasteiger partial charge in [-0.15, -0.1) is 0 Å². The van der Waals surface area contributed by atoms with Crippen molar-refractivity contribution in [1.29, 1.82) is 0 Å². The van der Waals surface area contributed by atoms with E-state index in [1.165, 1.54) is 5.56 Å². The summed E-state index contributed by atoms with van der Waals surface area (Å²) in [5.74, 6) is 0. The fourth-order valence-electron chi connectivity index (χ4n) is 3.55. The molecule has 0 aromatic heterocycles. The van der Waals surface area contributed by atoms with Crippen LogP contribution in [-0.2, 0) is 32.2 Å². The second kappa shape index (κ2) is 6.06. The van der Waals surface area contributed by atoms with Gasteiger partial charge in [-0.2, -0.15) is 0 Å². The molecule has 1 saturated heterocycles. The lowest BCUT2D eigenvalue weighted by molar-refractivity contribution is 0.00578. The van der Waals surface area contributed by atoms with Crippen LogP contribution in [-0.4, -0.2) is 37.5 Å². The van der Waals surface area contributed by atoms with E-state index in [1.54, 1.807) is 13.8 Å². The zero-order valence-electron chi connectivity index (χ0n) is 16.8. The molecule has 3 rings (SSSR count). The van der Waals surface area contributed by atoms with Crippen LogP contribution in [0.4, 0.5) is 0 Å². The molecule has 1 heterocycles. The number of sulfonamides is 1. The molecule has 1 unspecified atom stereocenters. The van der Waals surface area contributed by atoms with Gasteiger partial charge in [0.2, 0.25) is 10.0 Å². The van der Waals surface area contributed by atoms with E-state index in [9.17, 15) is 8.42 Å². The molecule has 0 radical (unpaired) electrons. The van der Waals surface area contributed by atoms with E-state index in [-0.39, 0.29) is 11.2 Å². The van der Waals surface area contributed by atoms with Crippen LogP contribution in [0.3, 0.4) is 0 Å². The van der Waals surface area contributed by atoms with E-state index in [0.29, 0.717) is 12.8 Å². The number of nitrogens with one attached hydrogen (secondary N) is 1. The molecule has 1 fully saturated rings. The average Bonchev–Trinajstić information content (AvgIpc) is 2.89. The van der Waals surface area contributed by atoms with E-state index >= 15 is 0 Å². The molecule has 144 valence electrons. The molecular weight excluding hydrogens is 349 g/mol. The summed E-state index contributed by atoms with van der Waals surface area (Å²) >= 11 is 0. The Bertz CT molecular complexity index is 803. The van der Waals surface area contributed by atoms with Crippen LogP contribution < -0.4 is 10.2 Å². The van der Waals surface area contributed by atoms with Gasteiger partial charge in [-0.3, -0.25) is 0 Å².